The second-order valence-corrected chi connectivity index (χ2v) is 7.45. The monoisotopic (exact) mass is 352 g/mol. The second-order valence-electron chi connectivity index (χ2n) is 7.45. The molecule has 0 atom stereocenters. The molecule has 1 aromatic carbocycles. The molecule has 1 saturated heterocycles. The van der Waals surface area contributed by atoms with Gasteiger partial charge in [0.25, 0.3) is 0 Å². The summed E-state index contributed by atoms with van der Waals surface area (Å²) in [5.74, 6) is 1.06. The van der Waals surface area contributed by atoms with Crippen LogP contribution in [0.1, 0.15) is 31.9 Å². The van der Waals surface area contributed by atoms with Crippen molar-refractivity contribution < 1.29 is 4.79 Å². The number of nitrogens with zero attached hydrogens (tertiary/aromatic N) is 3. The Hall–Kier alpha value is -2.40. The Morgan fingerprint density at radius 1 is 1.08 bits per heavy atom. The Labute approximate surface area is 156 Å². The van der Waals surface area contributed by atoms with E-state index in [4.69, 9.17) is 0 Å². The molecule has 1 aliphatic rings. The van der Waals surface area contributed by atoms with Crippen LogP contribution in [-0.4, -0.2) is 42.0 Å². The minimum atomic E-state index is -0.349. The number of benzene rings is 1. The fraction of sp³-hybridized carbons (Fsp3) is 0.429. The van der Waals surface area contributed by atoms with E-state index in [0.717, 1.165) is 44.1 Å². The molecule has 5 heteroatoms. The van der Waals surface area contributed by atoms with Gasteiger partial charge in [-0.25, -0.2) is 4.98 Å². The number of nitrogens with one attached hydrogen (secondary N) is 1. The lowest BCUT2D eigenvalue weighted by atomic mass is 9.93. The maximum absolute atomic E-state index is 11.4. The Bertz CT molecular complexity index is 719. The van der Waals surface area contributed by atoms with E-state index in [1.54, 1.807) is 6.92 Å². The van der Waals surface area contributed by atoms with E-state index in [1.807, 2.05) is 32.2 Å². The molecule has 1 fully saturated rings. The van der Waals surface area contributed by atoms with E-state index in [2.05, 4.69) is 50.4 Å². The first-order valence-electron chi connectivity index (χ1n) is 9.20. The van der Waals surface area contributed by atoms with E-state index in [-0.39, 0.29) is 11.4 Å². The highest BCUT2D eigenvalue weighted by atomic mass is 16.1. The smallest absolute Gasteiger partial charge is 0.217 e. The lowest BCUT2D eigenvalue weighted by molar-refractivity contribution is -0.120. The van der Waals surface area contributed by atoms with Crippen LogP contribution in [0, 0.1) is 0 Å². The molecule has 2 heterocycles. The van der Waals surface area contributed by atoms with Crippen LogP contribution in [0.4, 0.5) is 5.82 Å². The molecular weight excluding hydrogens is 324 g/mol. The molecule has 0 unspecified atom stereocenters. The van der Waals surface area contributed by atoms with Gasteiger partial charge in [-0.1, -0.05) is 30.3 Å². The van der Waals surface area contributed by atoms with Gasteiger partial charge in [-0.05, 0) is 37.1 Å². The molecule has 2 aromatic rings. The van der Waals surface area contributed by atoms with Crippen LogP contribution >= 0.6 is 0 Å². The van der Waals surface area contributed by atoms with Gasteiger partial charge in [-0.3, -0.25) is 9.69 Å². The Balaban J connectivity index is 1.55. The van der Waals surface area contributed by atoms with Gasteiger partial charge in [0.05, 0.1) is 5.54 Å². The predicted molar refractivity (Wildman–Crippen MR) is 105 cm³/mol. The van der Waals surface area contributed by atoms with Crippen LogP contribution in [0.2, 0.25) is 0 Å². The maximum atomic E-state index is 11.4. The molecule has 1 aliphatic heterocycles. The molecule has 0 saturated carbocycles. The first kappa shape index (κ1) is 18.4. The van der Waals surface area contributed by atoms with Crippen LogP contribution in [0.25, 0.3) is 0 Å². The van der Waals surface area contributed by atoms with Crippen LogP contribution in [0.15, 0.2) is 48.7 Å². The van der Waals surface area contributed by atoms with Gasteiger partial charge in [-0.2, -0.15) is 0 Å². The molecule has 0 radical (unpaired) electrons. The Morgan fingerprint density at radius 2 is 1.77 bits per heavy atom. The third-order valence-corrected chi connectivity index (χ3v) is 4.92. The third-order valence-electron chi connectivity index (χ3n) is 4.92. The van der Waals surface area contributed by atoms with Crippen molar-refractivity contribution in [1.82, 2.24) is 15.2 Å². The van der Waals surface area contributed by atoms with Crippen molar-refractivity contribution in [3.8, 4) is 0 Å². The Morgan fingerprint density at radius 3 is 2.35 bits per heavy atom. The summed E-state index contributed by atoms with van der Waals surface area (Å²) in [5.41, 5.74) is 2.08. The number of rotatable bonds is 5. The van der Waals surface area contributed by atoms with Gasteiger partial charge in [0, 0.05) is 45.8 Å². The number of amides is 1. The van der Waals surface area contributed by atoms with Gasteiger partial charge in [-0.15, -0.1) is 0 Å². The van der Waals surface area contributed by atoms with E-state index in [1.165, 1.54) is 5.56 Å². The summed E-state index contributed by atoms with van der Waals surface area (Å²) < 4.78 is 0. The quantitative estimate of drug-likeness (QED) is 0.899. The average molecular weight is 352 g/mol. The van der Waals surface area contributed by atoms with Gasteiger partial charge in [0.2, 0.25) is 5.91 Å². The number of hydrogen-bond acceptors (Lipinski definition) is 4. The van der Waals surface area contributed by atoms with E-state index < -0.39 is 0 Å². The van der Waals surface area contributed by atoms with Gasteiger partial charge in [0.15, 0.2) is 0 Å². The van der Waals surface area contributed by atoms with Gasteiger partial charge in [0.1, 0.15) is 5.82 Å². The van der Waals surface area contributed by atoms with Crippen molar-refractivity contribution in [3.63, 3.8) is 0 Å². The maximum Gasteiger partial charge on any atom is 0.217 e. The van der Waals surface area contributed by atoms with Gasteiger partial charge >= 0.3 is 0 Å². The van der Waals surface area contributed by atoms with Crippen molar-refractivity contribution in [2.45, 2.75) is 32.9 Å². The Kier molecular flexibility index (Phi) is 5.57. The summed E-state index contributed by atoms with van der Waals surface area (Å²) in [6.07, 6.45) is 1.85. The lowest BCUT2D eigenvalue weighted by Crippen LogP contribution is -2.46. The van der Waals surface area contributed by atoms with E-state index in [0.29, 0.717) is 0 Å². The largest absolute Gasteiger partial charge is 0.354 e. The number of anilines is 1. The van der Waals surface area contributed by atoms with Crippen LogP contribution in [0.5, 0.6) is 0 Å². The normalized spacial score (nSPS) is 15.7. The topological polar surface area (TPSA) is 48.5 Å². The summed E-state index contributed by atoms with van der Waals surface area (Å²) in [5, 5.41) is 3.00. The molecule has 1 aromatic heterocycles. The van der Waals surface area contributed by atoms with Crippen molar-refractivity contribution in [1.29, 1.82) is 0 Å². The van der Waals surface area contributed by atoms with E-state index >= 15 is 0 Å². The zero-order valence-corrected chi connectivity index (χ0v) is 15.9. The first-order chi connectivity index (χ1) is 12.4. The van der Waals surface area contributed by atoms with Crippen LogP contribution in [-0.2, 0) is 16.9 Å². The fourth-order valence-corrected chi connectivity index (χ4v) is 3.47. The average Bonchev–Trinajstić information content (AvgIpc) is 2.62. The van der Waals surface area contributed by atoms with Crippen molar-refractivity contribution in [3.05, 3.63) is 59.8 Å². The summed E-state index contributed by atoms with van der Waals surface area (Å²) in [6, 6.07) is 14.7. The number of carbonyl (C=O) groups is 1. The molecule has 0 bridgehead atoms. The fourth-order valence-electron chi connectivity index (χ4n) is 3.47. The highest BCUT2D eigenvalue weighted by Crippen LogP contribution is 2.21. The van der Waals surface area contributed by atoms with Crippen molar-refractivity contribution in [2.75, 3.05) is 31.1 Å². The number of hydrogen-bond donors (Lipinski definition) is 1. The molecular formula is C21H28N4O. The molecule has 5 nitrogen and oxygen atoms in total. The summed E-state index contributed by atoms with van der Waals surface area (Å²) in [7, 11) is 0. The lowest BCUT2D eigenvalue weighted by Gasteiger charge is -2.35. The molecule has 0 aliphatic carbocycles. The number of aromatic nitrogens is 1. The minimum Gasteiger partial charge on any atom is -0.354 e. The molecule has 3 rings (SSSR count). The molecule has 1 amide bonds. The number of carbonyl (C=O) groups excluding carboxylic acids is 1. The summed E-state index contributed by atoms with van der Waals surface area (Å²) in [4.78, 5) is 20.6. The van der Waals surface area contributed by atoms with Crippen LogP contribution < -0.4 is 10.2 Å². The highest BCUT2D eigenvalue weighted by molar-refractivity contribution is 5.74. The van der Waals surface area contributed by atoms with Crippen molar-refractivity contribution >= 4 is 11.7 Å². The standard InChI is InChI=1S/C21H28N4O/c1-17(26)23-21(2,3)19-9-7-18(8-10-19)16-24-12-14-25(15-13-24)20-6-4-5-11-22-20/h4-11H,12-16H2,1-3H3,(H,23,26). The number of piperazine rings is 1. The zero-order chi connectivity index (χ0) is 18.6. The SMILES string of the molecule is CC(=O)NC(C)(C)c1ccc(CN2CCN(c3ccccn3)CC2)cc1. The van der Waals surface area contributed by atoms with E-state index in [9.17, 15) is 4.79 Å². The number of pyridine rings is 1. The molecule has 138 valence electrons. The molecule has 0 spiro atoms. The van der Waals surface area contributed by atoms with Crippen LogP contribution in [0.3, 0.4) is 0 Å². The molecule has 1 N–H and O–H groups in total. The third kappa shape index (κ3) is 4.61. The van der Waals surface area contributed by atoms with Gasteiger partial charge < -0.3 is 10.2 Å². The highest BCUT2D eigenvalue weighted by Gasteiger charge is 2.22. The minimum absolute atomic E-state index is 0.00940. The second kappa shape index (κ2) is 7.87. The predicted octanol–water partition coefficient (Wildman–Crippen LogP) is 2.78. The summed E-state index contributed by atoms with van der Waals surface area (Å²) >= 11 is 0. The summed E-state index contributed by atoms with van der Waals surface area (Å²) in [6.45, 7) is 10.7. The van der Waals surface area contributed by atoms with Crippen molar-refractivity contribution in [2.24, 2.45) is 0 Å². The zero-order valence-electron chi connectivity index (χ0n) is 15.9. The first-order valence-corrected chi connectivity index (χ1v) is 9.20. The molecule has 26 heavy (non-hydrogen) atoms.